The van der Waals surface area contributed by atoms with Gasteiger partial charge in [-0.1, -0.05) is 5.16 Å². The van der Waals surface area contributed by atoms with Crippen LogP contribution in [-0.2, 0) is 13.1 Å². The van der Waals surface area contributed by atoms with Crippen LogP contribution in [0.3, 0.4) is 0 Å². The van der Waals surface area contributed by atoms with Crippen molar-refractivity contribution >= 4 is 11.3 Å². The van der Waals surface area contributed by atoms with Gasteiger partial charge in [0.1, 0.15) is 0 Å². The molecule has 0 bridgehead atoms. The fourth-order valence-electron chi connectivity index (χ4n) is 2.84. The normalized spacial score (nSPS) is 18.8. The van der Waals surface area contributed by atoms with E-state index in [1.165, 1.54) is 5.69 Å². The van der Waals surface area contributed by atoms with Gasteiger partial charge in [0, 0.05) is 42.0 Å². The molecule has 4 rings (SSSR count). The fraction of sp³-hybridized carbons (Fsp3) is 0.333. The highest BCUT2D eigenvalue weighted by atomic mass is 32.1. The van der Waals surface area contributed by atoms with Crippen LogP contribution < -0.4 is 0 Å². The molecule has 6 heteroatoms. The molecule has 4 heterocycles. The zero-order chi connectivity index (χ0) is 14.2. The van der Waals surface area contributed by atoms with E-state index in [1.54, 1.807) is 11.3 Å². The van der Waals surface area contributed by atoms with Crippen molar-refractivity contribution in [3.05, 3.63) is 46.7 Å². The first-order valence-electron chi connectivity index (χ1n) is 7.05. The van der Waals surface area contributed by atoms with Crippen molar-refractivity contribution in [2.24, 2.45) is 0 Å². The SMILES string of the molecule is C[C@@H]1c2cccn2CCN1Cc1nc(-c2ccsc2)no1. The van der Waals surface area contributed by atoms with Gasteiger partial charge in [-0.2, -0.15) is 16.3 Å². The Balaban J connectivity index is 1.52. The van der Waals surface area contributed by atoms with Crippen LogP contribution >= 0.6 is 11.3 Å². The molecule has 0 saturated heterocycles. The van der Waals surface area contributed by atoms with Crippen LogP contribution in [0.2, 0.25) is 0 Å². The highest BCUT2D eigenvalue weighted by Gasteiger charge is 2.25. The first-order valence-corrected chi connectivity index (χ1v) is 8.00. The molecule has 0 spiro atoms. The van der Waals surface area contributed by atoms with Gasteiger partial charge in [-0.15, -0.1) is 0 Å². The molecule has 3 aromatic rings. The first-order chi connectivity index (χ1) is 10.3. The quantitative estimate of drug-likeness (QED) is 0.745. The van der Waals surface area contributed by atoms with E-state index >= 15 is 0 Å². The molecule has 0 unspecified atom stereocenters. The summed E-state index contributed by atoms with van der Waals surface area (Å²) in [6.07, 6.45) is 2.14. The molecular weight excluding hydrogens is 284 g/mol. The summed E-state index contributed by atoms with van der Waals surface area (Å²) in [6, 6.07) is 6.67. The zero-order valence-corrected chi connectivity index (χ0v) is 12.6. The summed E-state index contributed by atoms with van der Waals surface area (Å²) in [5.74, 6) is 1.36. The van der Waals surface area contributed by atoms with Crippen molar-refractivity contribution in [3.8, 4) is 11.4 Å². The third-order valence-corrected chi connectivity index (χ3v) is 4.74. The molecule has 0 aliphatic carbocycles. The molecule has 0 saturated carbocycles. The molecule has 21 heavy (non-hydrogen) atoms. The molecule has 0 aromatic carbocycles. The lowest BCUT2D eigenvalue weighted by molar-refractivity contribution is 0.141. The molecule has 0 N–H and O–H groups in total. The molecule has 1 atom stereocenters. The van der Waals surface area contributed by atoms with Gasteiger partial charge in [0.05, 0.1) is 6.54 Å². The second-order valence-electron chi connectivity index (χ2n) is 5.30. The number of hydrogen-bond acceptors (Lipinski definition) is 5. The van der Waals surface area contributed by atoms with Gasteiger partial charge in [0.25, 0.3) is 0 Å². The van der Waals surface area contributed by atoms with Crippen molar-refractivity contribution in [2.75, 3.05) is 6.54 Å². The minimum absolute atomic E-state index is 0.366. The number of aromatic nitrogens is 3. The number of nitrogens with zero attached hydrogens (tertiary/aromatic N) is 4. The van der Waals surface area contributed by atoms with E-state index in [0.717, 1.165) is 18.7 Å². The lowest BCUT2D eigenvalue weighted by Gasteiger charge is -2.33. The average Bonchev–Trinajstić information content (AvgIpc) is 3.21. The van der Waals surface area contributed by atoms with Crippen molar-refractivity contribution in [2.45, 2.75) is 26.1 Å². The van der Waals surface area contributed by atoms with Gasteiger partial charge >= 0.3 is 0 Å². The van der Waals surface area contributed by atoms with Gasteiger partial charge < -0.3 is 9.09 Å². The maximum Gasteiger partial charge on any atom is 0.241 e. The van der Waals surface area contributed by atoms with Crippen molar-refractivity contribution in [1.29, 1.82) is 0 Å². The van der Waals surface area contributed by atoms with Crippen LogP contribution in [0.5, 0.6) is 0 Å². The first kappa shape index (κ1) is 12.8. The van der Waals surface area contributed by atoms with Crippen LogP contribution in [-0.4, -0.2) is 26.2 Å². The Hall–Kier alpha value is -1.92. The third kappa shape index (κ3) is 2.30. The maximum absolute atomic E-state index is 5.40. The fourth-order valence-corrected chi connectivity index (χ4v) is 3.48. The summed E-state index contributed by atoms with van der Waals surface area (Å²) in [5.41, 5.74) is 2.37. The number of hydrogen-bond donors (Lipinski definition) is 0. The van der Waals surface area contributed by atoms with E-state index in [-0.39, 0.29) is 0 Å². The van der Waals surface area contributed by atoms with Crippen molar-refractivity contribution in [3.63, 3.8) is 0 Å². The smallest absolute Gasteiger partial charge is 0.241 e. The van der Waals surface area contributed by atoms with Gasteiger partial charge in [-0.3, -0.25) is 4.90 Å². The van der Waals surface area contributed by atoms with E-state index in [2.05, 4.69) is 44.9 Å². The summed E-state index contributed by atoms with van der Waals surface area (Å²) in [4.78, 5) is 6.88. The monoisotopic (exact) mass is 300 g/mol. The molecule has 0 fully saturated rings. The predicted octanol–water partition coefficient (Wildman–Crippen LogP) is 3.18. The highest BCUT2D eigenvalue weighted by Crippen LogP contribution is 2.27. The Bertz CT molecular complexity index is 731. The summed E-state index contributed by atoms with van der Waals surface area (Å²) in [6.45, 7) is 4.93. The van der Waals surface area contributed by atoms with E-state index < -0.39 is 0 Å². The minimum Gasteiger partial charge on any atom is -0.349 e. The van der Waals surface area contributed by atoms with Crippen LogP contribution in [0.4, 0.5) is 0 Å². The van der Waals surface area contributed by atoms with Gasteiger partial charge in [0.15, 0.2) is 0 Å². The van der Waals surface area contributed by atoms with Gasteiger partial charge in [-0.25, -0.2) is 0 Å². The van der Waals surface area contributed by atoms with Crippen LogP contribution in [0.25, 0.3) is 11.4 Å². The molecule has 1 aliphatic rings. The Morgan fingerprint density at radius 1 is 1.38 bits per heavy atom. The summed E-state index contributed by atoms with van der Waals surface area (Å²) >= 11 is 1.64. The molecule has 1 aliphatic heterocycles. The largest absolute Gasteiger partial charge is 0.349 e. The van der Waals surface area contributed by atoms with Gasteiger partial charge in [-0.05, 0) is 30.5 Å². The molecule has 0 amide bonds. The Morgan fingerprint density at radius 3 is 3.19 bits per heavy atom. The molecule has 0 radical (unpaired) electrons. The number of thiophene rings is 1. The molecule has 5 nitrogen and oxygen atoms in total. The van der Waals surface area contributed by atoms with E-state index in [0.29, 0.717) is 24.3 Å². The second kappa shape index (κ2) is 5.13. The van der Waals surface area contributed by atoms with E-state index in [1.807, 2.05) is 16.8 Å². The maximum atomic E-state index is 5.40. The lowest BCUT2D eigenvalue weighted by Crippen LogP contribution is -2.35. The Morgan fingerprint density at radius 2 is 2.33 bits per heavy atom. The van der Waals surface area contributed by atoms with Gasteiger partial charge in [0.2, 0.25) is 11.7 Å². The van der Waals surface area contributed by atoms with Crippen LogP contribution in [0.1, 0.15) is 24.6 Å². The topological polar surface area (TPSA) is 47.1 Å². The number of fused-ring (bicyclic) bond motifs is 1. The molecular formula is C15H16N4OS. The highest BCUT2D eigenvalue weighted by molar-refractivity contribution is 7.08. The van der Waals surface area contributed by atoms with E-state index in [9.17, 15) is 0 Å². The van der Waals surface area contributed by atoms with Crippen LogP contribution in [0.15, 0.2) is 39.7 Å². The average molecular weight is 300 g/mol. The predicted molar refractivity (Wildman–Crippen MR) is 80.9 cm³/mol. The molecule has 3 aromatic heterocycles. The lowest BCUT2D eigenvalue weighted by atomic mass is 10.1. The zero-order valence-electron chi connectivity index (χ0n) is 11.8. The van der Waals surface area contributed by atoms with Crippen LogP contribution in [0, 0.1) is 0 Å². The minimum atomic E-state index is 0.366. The number of rotatable bonds is 3. The molecule has 108 valence electrons. The summed E-state index contributed by atoms with van der Waals surface area (Å²) in [5, 5.41) is 8.13. The Kier molecular flexibility index (Phi) is 3.12. The Labute approximate surface area is 126 Å². The van der Waals surface area contributed by atoms with E-state index in [4.69, 9.17) is 4.52 Å². The van der Waals surface area contributed by atoms with Crippen molar-refractivity contribution < 1.29 is 4.52 Å². The summed E-state index contributed by atoms with van der Waals surface area (Å²) < 4.78 is 7.72. The van der Waals surface area contributed by atoms with Crippen molar-refractivity contribution in [1.82, 2.24) is 19.6 Å². The standard InChI is InChI=1S/C15H16N4OS/c1-11-13-3-2-5-18(13)6-7-19(11)9-14-16-15(17-20-14)12-4-8-21-10-12/h2-5,8,10-11H,6-7,9H2,1H3/t11-/m1/s1. The second-order valence-corrected chi connectivity index (χ2v) is 6.08. The summed E-state index contributed by atoms with van der Waals surface area (Å²) in [7, 11) is 0. The third-order valence-electron chi connectivity index (χ3n) is 4.05.